The average Bonchev–Trinajstić information content (AvgIpc) is 2.61. The van der Waals surface area contributed by atoms with E-state index in [1.165, 1.54) is 0 Å². The molecule has 0 unspecified atom stereocenters. The van der Waals surface area contributed by atoms with Crippen LogP contribution in [0.25, 0.3) is 10.9 Å². The van der Waals surface area contributed by atoms with E-state index in [1.54, 1.807) is 6.20 Å². The van der Waals surface area contributed by atoms with Crippen molar-refractivity contribution in [3.05, 3.63) is 30.5 Å². The van der Waals surface area contributed by atoms with Crippen molar-refractivity contribution in [2.75, 3.05) is 17.0 Å². The van der Waals surface area contributed by atoms with Crippen LogP contribution in [0.3, 0.4) is 0 Å². The van der Waals surface area contributed by atoms with Gasteiger partial charge in [0.1, 0.15) is 12.4 Å². The van der Waals surface area contributed by atoms with E-state index in [0.29, 0.717) is 6.67 Å². The summed E-state index contributed by atoms with van der Waals surface area (Å²) in [4.78, 5) is 4.26. The van der Waals surface area contributed by atoms with Crippen LogP contribution in [0.15, 0.2) is 30.5 Å². The first-order valence-corrected chi connectivity index (χ1v) is 4.44. The highest BCUT2D eigenvalue weighted by Crippen LogP contribution is 2.35. The predicted octanol–water partition coefficient (Wildman–Crippen LogP) is 1.81. The minimum atomic E-state index is 0.422. The quantitative estimate of drug-likeness (QED) is 0.660. The van der Waals surface area contributed by atoms with Crippen LogP contribution in [0.2, 0.25) is 0 Å². The fourth-order valence-corrected chi connectivity index (χ4v) is 1.75. The summed E-state index contributed by atoms with van der Waals surface area (Å²) < 4.78 is 0. The number of benzene rings is 1. The SMILES string of the molecule is ON1CNc2c1cnc1ccccc21. The fourth-order valence-electron chi connectivity index (χ4n) is 1.75. The van der Waals surface area contributed by atoms with Crippen molar-refractivity contribution in [3.63, 3.8) is 0 Å². The number of fused-ring (bicyclic) bond motifs is 3. The molecule has 0 atom stereocenters. The first-order chi connectivity index (χ1) is 6.86. The van der Waals surface area contributed by atoms with Crippen molar-refractivity contribution in [3.8, 4) is 0 Å². The van der Waals surface area contributed by atoms with Gasteiger partial charge in [0.25, 0.3) is 0 Å². The Labute approximate surface area is 80.7 Å². The van der Waals surface area contributed by atoms with Gasteiger partial charge < -0.3 is 5.32 Å². The summed E-state index contributed by atoms with van der Waals surface area (Å²) in [5.41, 5.74) is 2.64. The highest BCUT2D eigenvalue weighted by molar-refractivity contribution is 5.99. The average molecular weight is 187 g/mol. The minimum Gasteiger partial charge on any atom is -0.363 e. The van der Waals surface area contributed by atoms with Crippen LogP contribution >= 0.6 is 0 Å². The minimum absolute atomic E-state index is 0.422. The third-order valence-electron chi connectivity index (χ3n) is 2.44. The second-order valence-corrected chi connectivity index (χ2v) is 3.27. The van der Waals surface area contributed by atoms with Gasteiger partial charge in [0.2, 0.25) is 0 Å². The first-order valence-electron chi connectivity index (χ1n) is 4.44. The molecule has 1 aromatic heterocycles. The van der Waals surface area contributed by atoms with Crippen LogP contribution in [0.5, 0.6) is 0 Å². The maximum atomic E-state index is 9.47. The smallest absolute Gasteiger partial charge is 0.114 e. The van der Waals surface area contributed by atoms with Gasteiger partial charge >= 0.3 is 0 Å². The van der Waals surface area contributed by atoms with Crippen LogP contribution < -0.4 is 10.4 Å². The van der Waals surface area contributed by atoms with Gasteiger partial charge in [0, 0.05) is 5.39 Å². The van der Waals surface area contributed by atoms with Crippen molar-refractivity contribution >= 4 is 22.3 Å². The number of nitrogens with zero attached hydrogens (tertiary/aromatic N) is 2. The van der Waals surface area contributed by atoms with Gasteiger partial charge in [0.05, 0.1) is 17.4 Å². The Hall–Kier alpha value is -1.81. The van der Waals surface area contributed by atoms with Crippen molar-refractivity contribution < 1.29 is 5.21 Å². The molecule has 0 spiro atoms. The lowest BCUT2D eigenvalue weighted by atomic mass is 10.2. The molecule has 3 rings (SSSR count). The van der Waals surface area contributed by atoms with Crippen molar-refractivity contribution in [1.29, 1.82) is 0 Å². The van der Waals surface area contributed by atoms with E-state index in [0.717, 1.165) is 27.3 Å². The molecule has 4 nitrogen and oxygen atoms in total. The topological polar surface area (TPSA) is 48.4 Å². The van der Waals surface area contributed by atoms with E-state index < -0.39 is 0 Å². The Kier molecular flexibility index (Phi) is 1.40. The van der Waals surface area contributed by atoms with E-state index >= 15 is 0 Å². The van der Waals surface area contributed by atoms with Crippen LogP contribution in [-0.2, 0) is 0 Å². The van der Waals surface area contributed by atoms with Crippen molar-refractivity contribution in [2.24, 2.45) is 0 Å². The molecule has 0 fully saturated rings. The van der Waals surface area contributed by atoms with Gasteiger partial charge in [-0.2, -0.15) is 0 Å². The molecule has 2 N–H and O–H groups in total. The Morgan fingerprint density at radius 1 is 1.36 bits per heavy atom. The van der Waals surface area contributed by atoms with Crippen molar-refractivity contribution in [1.82, 2.24) is 4.98 Å². The van der Waals surface area contributed by atoms with Crippen LogP contribution in [0.1, 0.15) is 0 Å². The molecule has 0 saturated heterocycles. The van der Waals surface area contributed by atoms with Crippen LogP contribution in [0, 0.1) is 0 Å². The molecular weight excluding hydrogens is 178 g/mol. The highest BCUT2D eigenvalue weighted by atomic mass is 16.5. The second kappa shape index (κ2) is 2.59. The zero-order chi connectivity index (χ0) is 9.54. The number of hydrogen-bond acceptors (Lipinski definition) is 4. The molecule has 0 aliphatic carbocycles. The first kappa shape index (κ1) is 7.58. The number of anilines is 2. The molecule has 0 amide bonds. The molecule has 2 aromatic rings. The number of nitrogens with one attached hydrogen (secondary N) is 1. The Bertz CT molecular complexity index is 498. The molecule has 1 aliphatic heterocycles. The van der Waals surface area contributed by atoms with E-state index in [-0.39, 0.29) is 0 Å². The predicted molar refractivity (Wildman–Crippen MR) is 54.5 cm³/mol. The van der Waals surface area contributed by atoms with E-state index in [2.05, 4.69) is 10.3 Å². The number of hydrogen-bond donors (Lipinski definition) is 2. The summed E-state index contributed by atoms with van der Waals surface area (Å²) in [6.45, 7) is 0.422. The lowest BCUT2D eigenvalue weighted by Crippen LogP contribution is -2.16. The third kappa shape index (κ3) is 0.885. The van der Waals surface area contributed by atoms with Gasteiger partial charge in [-0.3, -0.25) is 10.2 Å². The lowest BCUT2D eigenvalue weighted by molar-refractivity contribution is 0.268. The summed E-state index contributed by atoms with van der Waals surface area (Å²) in [6, 6.07) is 7.87. The molecule has 1 aliphatic rings. The van der Waals surface area contributed by atoms with E-state index in [4.69, 9.17) is 0 Å². The molecular formula is C10H9N3O. The normalized spacial score (nSPS) is 14.2. The van der Waals surface area contributed by atoms with Gasteiger partial charge in [-0.15, -0.1) is 0 Å². The van der Waals surface area contributed by atoms with E-state index in [1.807, 2.05) is 24.3 Å². The van der Waals surface area contributed by atoms with Gasteiger partial charge in [-0.25, -0.2) is 5.06 Å². The Morgan fingerprint density at radius 2 is 2.21 bits per heavy atom. The third-order valence-corrected chi connectivity index (χ3v) is 2.44. The van der Waals surface area contributed by atoms with Crippen LogP contribution in [-0.4, -0.2) is 16.9 Å². The standard InChI is InChI=1S/C10H9N3O/c14-13-6-12-10-7-3-1-2-4-8(7)11-5-9(10)13/h1-5,12,14H,6H2. The van der Waals surface area contributed by atoms with Gasteiger partial charge in [-0.05, 0) is 6.07 Å². The number of pyridine rings is 1. The zero-order valence-corrected chi connectivity index (χ0v) is 7.44. The molecule has 4 heteroatoms. The fraction of sp³-hybridized carbons (Fsp3) is 0.100. The summed E-state index contributed by atoms with van der Waals surface area (Å²) in [6.07, 6.45) is 1.68. The van der Waals surface area contributed by atoms with E-state index in [9.17, 15) is 5.21 Å². The van der Waals surface area contributed by atoms with Gasteiger partial charge in [0.15, 0.2) is 0 Å². The number of para-hydroxylation sites is 1. The number of hydroxylamine groups is 1. The summed E-state index contributed by atoms with van der Waals surface area (Å²) in [7, 11) is 0. The highest BCUT2D eigenvalue weighted by Gasteiger charge is 2.19. The molecule has 0 bridgehead atoms. The molecule has 0 radical (unpaired) electrons. The molecule has 1 aromatic carbocycles. The number of aromatic nitrogens is 1. The van der Waals surface area contributed by atoms with Crippen molar-refractivity contribution in [2.45, 2.75) is 0 Å². The summed E-state index contributed by atoms with van der Waals surface area (Å²) >= 11 is 0. The zero-order valence-electron chi connectivity index (χ0n) is 7.44. The molecule has 70 valence electrons. The Balaban J connectivity index is 2.38. The maximum Gasteiger partial charge on any atom is 0.114 e. The molecule has 14 heavy (non-hydrogen) atoms. The molecule has 2 heterocycles. The second-order valence-electron chi connectivity index (χ2n) is 3.27. The van der Waals surface area contributed by atoms with Crippen LogP contribution in [0.4, 0.5) is 11.4 Å². The lowest BCUT2D eigenvalue weighted by Gasteiger charge is -2.07. The summed E-state index contributed by atoms with van der Waals surface area (Å²) in [5.74, 6) is 0. The monoisotopic (exact) mass is 187 g/mol. The largest absolute Gasteiger partial charge is 0.363 e. The number of rotatable bonds is 0. The maximum absolute atomic E-state index is 9.47. The summed E-state index contributed by atoms with van der Waals surface area (Å²) in [5, 5.41) is 14.8. The van der Waals surface area contributed by atoms with Gasteiger partial charge in [-0.1, -0.05) is 18.2 Å². The molecule has 0 saturated carbocycles. The Morgan fingerprint density at radius 3 is 3.14 bits per heavy atom.